The van der Waals surface area contributed by atoms with Crippen LogP contribution in [0.1, 0.15) is 12.0 Å². The van der Waals surface area contributed by atoms with Crippen molar-refractivity contribution in [1.29, 1.82) is 0 Å². The van der Waals surface area contributed by atoms with E-state index in [0.29, 0.717) is 60.3 Å². The fourth-order valence-corrected chi connectivity index (χ4v) is 4.23. The maximum absolute atomic E-state index is 12.5. The van der Waals surface area contributed by atoms with E-state index >= 15 is 0 Å². The Morgan fingerprint density at radius 3 is 2.92 bits per heavy atom. The van der Waals surface area contributed by atoms with E-state index in [1.54, 1.807) is 36.3 Å². The number of aromatic hydroxyl groups is 1. The Morgan fingerprint density at radius 1 is 1.19 bits per heavy atom. The first-order chi connectivity index (χ1) is 17.5. The van der Waals surface area contributed by atoms with Crippen molar-refractivity contribution in [2.45, 2.75) is 19.1 Å². The normalized spacial score (nSPS) is 16.7. The number of amides is 2. The van der Waals surface area contributed by atoms with E-state index in [4.69, 9.17) is 14.2 Å². The van der Waals surface area contributed by atoms with E-state index in [1.165, 1.54) is 0 Å². The van der Waals surface area contributed by atoms with Crippen LogP contribution in [-0.4, -0.2) is 55.0 Å². The van der Waals surface area contributed by atoms with Crippen LogP contribution in [0.4, 0.5) is 16.2 Å². The zero-order valence-electron chi connectivity index (χ0n) is 19.7. The van der Waals surface area contributed by atoms with Gasteiger partial charge in [-0.25, -0.2) is 9.78 Å². The van der Waals surface area contributed by atoms with Crippen molar-refractivity contribution >= 4 is 23.4 Å². The van der Waals surface area contributed by atoms with Gasteiger partial charge in [0.25, 0.3) is 5.91 Å². The first kappa shape index (κ1) is 23.4. The van der Waals surface area contributed by atoms with Crippen molar-refractivity contribution in [3.05, 3.63) is 60.2 Å². The fraction of sp³-hybridized carbons (Fsp3) is 0.269. The largest absolute Gasteiger partial charge is 0.507 e. The molecule has 186 valence electrons. The van der Waals surface area contributed by atoms with Crippen molar-refractivity contribution in [2.75, 3.05) is 37.0 Å². The molecule has 1 saturated heterocycles. The molecule has 0 spiro atoms. The second kappa shape index (κ2) is 10.1. The average Bonchev–Trinajstić information content (AvgIpc) is 3.27. The number of aromatic nitrogens is 1. The molecule has 2 amide bonds. The molecule has 0 bridgehead atoms. The lowest BCUT2D eigenvalue weighted by Gasteiger charge is -2.20. The number of hydrogen-bond donors (Lipinski definition) is 3. The number of methoxy groups -OCH3 is 1. The summed E-state index contributed by atoms with van der Waals surface area (Å²) in [4.78, 5) is 30.0. The summed E-state index contributed by atoms with van der Waals surface area (Å²) in [6.45, 7) is 1.41. The summed E-state index contributed by atoms with van der Waals surface area (Å²) in [5.74, 6) is 0.974. The van der Waals surface area contributed by atoms with Crippen molar-refractivity contribution in [3.63, 3.8) is 0 Å². The number of phenolic OH excluding ortho intramolecular Hbond substituents is 1. The number of cyclic esters (lactones) is 1. The van der Waals surface area contributed by atoms with E-state index in [9.17, 15) is 14.7 Å². The predicted molar refractivity (Wildman–Crippen MR) is 132 cm³/mol. The minimum Gasteiger partial charge on any atom is -0.507 e. The van der Waals surface area contributed by atoms with E-state index in [-0.39, 0.29) is 24.4 Å². The van der Waals surface area contributed by atoms with E-state index < -0.39 is 6.09 Å². The highest BCUT2D eigenvalue weighted by Crippen LogP contribution is 2.34. The van der Waals surface area contributed by atoms with E-state index in [1.807, 2.05) is 30.3 Å². The van der Waals surface area contributed by atoms with E-state index in [0.717, 1.165) is 5.56 Å². The zero-order chi connectivity index (χ0) is 25.1. The number of anilines is 2. The number of phenols is 1. The topological polar surface area (TPSA) is 122 Å². The van der Waals surface area contributed by atoms with Gasteiger partial charge >= 0.3 is 6.09 Å². The molecule has 36 heavy (non-hydrogen) atoms. The number of pyridine rings is 1. The minimum absolute atomic E-state index is 0.0207. The van der Waals surface area contributed by atoms with Crippen molar-refractivity contribution in [2.24, 2.45) is 0 Å². The van der Waals surface area contributed by atoms with Crippen molar-refractivity contribution in [1.82, 2.24) is 10.3 Å². The summed E-state index contributed by atoms with van der Waals surface area (Å²) in [5.41, 5.74) is 3.15. The third-order valence-corrected chi connectivity index (χ3v) is 6.07. The molecular weight excluding hydrogens is 464 g/mol. The van der Waals surface area contributed by atoms with Crippen LogP contribution in [0.2, 0.25) is 0 Å². The molecule has 1 atom stereocenters. The van der Waals surface area contributed by atoms with Gasteiger partial charge in [-0.05, 0) is 43.3 Å². The van der Waals surface area contributed by atoms with E-state index in [2.05, 4.69) is 15.6 Å². The van der Waals surface area contributed by atoms with Crippen LogP contribution in [0, 0.1) is 0 Å². The number of ether oxygens (including phenoxy) is 3. The summed E-state index contributed by atoms with van der Waals surface area (Å²) in [6.07, 6.45) is -0.114. The van der Waals surface area contributed by atoms with Gasteiger partial charge in [0, 0.05) is 29.4 Å². The van der Waals surface area contributed by atoms with Crippen molar-refractivity contribution < 1.29 is 28.9 Å². The Kier molecular flexibility index (Phi) is 6.59. The third kappa shape index (κ3) is 4.89. The number of nitrogens with one attached hydrogen (secondary N) is 2. The van der Waals surface area contributed by atoms with Gasteiger partial charge in [0.05, 0.1) is 25.0 Å². The Morgan fingerprint density at radius 2 is 2.06 bits per heavy atom. The summed E-state index contributed by atoms with van der Waals surface area (Å²) in [6, 6.07) is 16.1. The highest BCUT2D eigenvalue weighted by atomic mass is 16.6. The number of para-hydroxylation sites is 1. The average molecular weight is 491 g/mol. The molecule has 2 aliphatic rings. The molecular formula is C26H26N4O6. The first-order valence-electron chi connectivity index (χ1n) is 11.6. The molecule has 5 rings (SSSR count). The van der Waals surface area contributed by atoms with Crippen LogP contribution >= 0.6 is 0 Å². The predicted octanol–water partition coefficient (Wildman–Crippen LogP) is 3.30. The number of rotatable bonds is 8. The minimum atomic E-state index is -0.431. The Hall–Kier alpha value is -4.31. The Bertz CT molecular complexity index is 1300. The summed E-state index contributed by atoms with van der Waals surface area (Å²) < 4.78 is 16.1. The molecule has 2 aliphatic heterocycles. The number of nitrogens with zero attached hydrogens (tertiary/aromatic N) is 2. The lowest BCUT2D eigenvalue weighted by atomic mass is 10.1. The van der Waals surface area contributed by atoms with Gasteiger partial charge in [0.2, 0.25) is 5.88 Å². The molecule has 0 aliphatic carbocycles. The maximum Gasteiger partial charge on any atom is 0.414 e. The molecule has 3 N–H and O–H groups in total. The van der Waals surface area contributed by atoms with Crippen molar-refractivity contribution in [3.8, 4) is 28.6 Å². The van der Waals surface area contributed by atoms with Gasteiger partial charge < -0.3 is 30.0 Å². The van der Waals surface area contributed by atoms with Crippen LogP contribution in [-0.2, 0) is 16.1 Å². The summed E-state index contributed by atoms with van der Waals surface area (Å²) >= 11 is 0. The van der Waals surface area contributed by atoms with Gasteiger partial charge in [-0.15, -0.1) is 0 Å². The molecule has 1 aromatic heterocycles. The molecule has 0 saturated carbocycles. The molecule has 2 aromatic carbocycles. The fourth-order valence-electron chi connectivity index (χ4n) is 4.23. The number of carbonyl (C=O) groups excluding carboxylic acids is 2. The second-order valence-electron chi connectivity index (χ2n) is 8.48. The second-order valence-corrected chi connectivity index (χ2v) is 8.48. The smallest absolute Gasteiger partial charge is 0.414 e. The standard InChI is InChI=1S/C26H26N4O6/c1-34-24-7-3-6-20(29-24)19-5-2-4-16(25(19)32)13-27-11-10-18-14-30(26(33)36-18)17-8-9-22-21(12-17)28-23(31)15-35-22/h2-9,12,18,27,32H,10-11,13-15H2,1H3,(H,28,31)/t18-/m0/s1. The summed E-state index contributed by atoms with van der Waals surface area (Å²) in [7, 11) is 1.55. The lowest BCUT2D eigenvalue weighted by molar-refractivity contribution is -0.118. The first-order valence-corrected chi connectivity index (χ1v) is 11.6. The molecule has 3 aromatic rings. The lowest BCUT2D eigenvalue weighted by Crippen LogP contribution is -2.28. The van der Waals surface area contributed by atoms with Gasteiger partial charge in [0.15, 0.2) is 6.61 Å². The summed E-state index contributed by atoms with van der Waals surface area (Å²) in [5, 5.41) is 16.8. The van der Waals surface area contributed by atoms with Crippen LogP contribution in [0.3, 0.4) is 0 Å². The molecule has 10 nitrogen and oxygen atoms in total. The quantitative estimate of drug-likeness (QED) is 0.411. The Balaban J connectivity index is 1.16. The SMILES string of the molecule is COc1cccc(-c2cccc(CNCC[C@H]3CN(c4ccc5c(c4)NC(=O)CO5)C(=O)O3)c2O)n1. The Labute approximate surface area is 207 Å². The highest BCUT2D eigenvalue weighted by molar-refractivity contribution is 5.97. The third-order valence-electron chi connectivity index (χ3n) is 6.07. The van der Waals surface area contributed by atoms with Gasteiger partial charge in [-0.2, -0.15) is 0 Å². The number of fused-ring (bicyclic) bond motifs is 1. The molecule has 0 radical (unpaired) electrons. The van der Waals surface area contributed by atoms with Crippen LogP contribution in [0.25, 0.3) is 11.3 Å². The van der Waals surface area contributed by atoms with Gasteiger partial charge in [-0.3, -0.25) is 9.69 Å². The number of benzene rings is 2. The molecule has 3 heterocycles. The number of hydrogen-bond acceptors (Lipinski definition) is 8. The van der Waals surface area contributed by atoms with Crippen LogP contribution in [0.15, 0.2) is 54.6 Å². The molecule has 10 heteroatoms. The van der Waals surface area contributed by atoms with Crippen LogP contribution < -0.4 is 25.0 Å². The zero-order valence-corrected chi connectivity index (χ0v) is 19.7. The molecule has 1 fully saturated rings. The monoisotopic (exact) mass is 490 g/mol. The van der Waals surface area contributed by atoms with Crippen LogP contribution in [0.5, 0.6) is 17.4 Å². The maximum atomic E-state index is 12.5. The molecule has 0 unspecified atom stereocenters. The van der Waals surface area contributed by atoms with Gasteiger partial charge in [-0.1, -0.05) is 18.2 Å². The van der Waals surface area contributed by atoms with Gasteiger partial charge in [0.1, 0.15) is 17.6 Å². The highest BCUT2D eigenvalue weighted by Gasteiger charge is 2.32. The number of carbonyl (C=O) groups is 2.